The molecule has 1 aromatic carbocycles. The number of nitrogens with zero attached hydrogens (tertiary/aromatic N) is 4. The van der Waals surface area contributed by atoms with Crippen molar-refractivity contribution in [3.8, 4) is 5.69 Å². The minimum absolute atomic E-state index is 0.0141. The van der Waals surface area contributed by atoms with Crippen LogP contribution < -0.4 is 0 Å². The summed E-state index contributed by atoms with van der Waals surface area (Å²) in [5.74, 6) is -2.91. The number of hydrogen-bond donors (Lipinski definition) is 0. The summed E-state index contributed by atoms with van der Waals surface area (Å²) in [7, 11) is 0. The molecule has 1 aromatic heterocycles. The molecule has 1 aliphatic carbocycles. The highest BCUT2D eigenvalue weighted by molar-refractivity contribution is 5.48. The molecule has 1 fully saturated rings. The molecule has 0 amide bonds. The van der Waals surface area contributed by atoms with Crippen LogP contribution in [-0.2, 0) is 0 Å². The van der Waals surface area contributed by atoms with Crippen molar-refractivity contribution in [2.24, 2.45) is 0 Å². The molecule has 8 heteroatoms. The van der Waals surface area contributed by atoms with Gasteiger partial charge in [-0.2, -0.15) is 0 Å². The summed E-state index contributed by atoms with van der Waals surface area (Å²) in [4.78, 5) is 10.5. The van der Waals surface area contributed by atoms with Gasteiger partial charge in [-0.15, -0.1) is 5.10 Å². The first-order valence-corrected chi connectivity index (χ1v) is 6.41. The number of aromatic nitrogens is 3. The number of hydrogen-bond acceptors (Lipinski definition) is 4. The van der Waals surface area contributed by atoms with Crippen molar-refractivity contribution in [1.82, 2.24) is 15.0 Å². The second-order valence-electron chi connectivity index (χ2n) is 5.28. The molecule has 21 heavy (non-hydrogen) atoms. The van der Waals surface area contributed by atoms with Crippen molar-refractivity contribution in [3.05, 3.63) is 45.8 Å². The molecule has 0 radical (unpaired) electrons. The van der Waals surface area contributed by atoms with Crippen molar-refractivity contribution in [3.63, 3.8) is 0 Å². The zero-order chi connectivity index (χ0) is 15.2. The maximum absolute atomic E-state index is 12.9. The third-order valence-corrected chi connectivity index (χ3v) is 3.67. The molecule has 110 valence electrons. The van der Waals surface area contributed by atoms with Gasteiger partial charge in [0.2, 0.25) is 5.92 Å². The minimum Gasteiger partial charge on any atom is -0.258 e. The lowest BCUT2D eigenvalue weighted by atomic mass is 9.79. The third kappa shape index (κ3) is 2.48. The van der Waals surface area contributed by atoms with Gasteiger partial charge in [0.05, 0.1) is 22.5 Å². The van der Waals surface area contributed by atoms with Gasteiger partial charge in [-0.3, -0.25) is 10.1 Å². The van der Waals surface area contributed by atoms with Crippen LogP contribution >= 0.6 is 0 Å². The predicted octanol–water partition coefficient (Wildman–Crippen LogP) is 3.00. The summed E-state index contributed by atoms with van der Waals surface area (Å²) in [5.41, 5.74) is 1.50. The van der Waals surface area contributed by atoms with Gasteiger partial charge in [0.25, 0.3) is 5.69 Å². The zero-order valence-corrected chi connectivity index (χ0v) is 11.2. The molecule has 1 heterocycles. The summed E-state index contributed by atoms with van der Waals surface area (Å²) in [6.45, 7) is 1.64. The van der Waals surface area contributed by atoms with Crippen LogP contribution in [0.1, 0.15) is 30.0 Å². The van der Waals surface area contributed by atoms with E-state index in [1.165, 1.54) is 10.7 Å². The molecule has 0 aliphatic heterocycles. The topological polar surface area (TPSA) is 73.8 Å². The van der Waals surface area contributed by atoms with E-state index in [0.29, 0.717) is 16.9 Å². The lowest BCUT2D eigenvalue weighted by molar-refractivity contribution is -0.385. The van der Waals surface area contributed by atoms with Gasteiger partial charge in [-0.05, 0) is 13.0 Å². The van der Waals surface area contributed by atoms with Gasteiger partial charge in [-0.1, -0.05) is 11.3 Å². The standard InChI is InChI=1S/C13H12F2N4O2/c1-8-2-3-10(4-12(8)19(20)21)18-7-11(16-17-18)9-5-13(14,15)6-9/h2-4,7,9H,5-6H2,1H3. The first-order chi connectivity index (χ1) is 9.85. The molecule has 2 aromatic rings. The Bertz CT molecular complexity index is 706. The second-order valence-corrected chi connectivity index (χ2v) is 5.28. The SMILES string of the molecule is Cc1ccc(-n2cc(C3CC(F)(F)C3)nn2)cc1[N+](=O)[O-]. The van der Waals surface area contributed by atoms with Crippen LogP contribution in [0.3, 0.4) is 0 Å². The Balaban J connectivity index is 1.87. The summed E-state index contributed by atoms with van der Waals surface area (Å²) >= 11 is 0. The van der Waals surface area contributed by atoms with Gasteiger partial charge >= 0.3 is 0 Å². The monoisotopic (exact) mass is 294 g/mol. The first kappa shape index (κ1) is 13.6. The Hall–Kier alpha value is -2.38. The van der Waals surface area contributed by atoms with E-state index in [0.717, 1.165) is 0 Å². The smallest absolute Gasteiger partial charge is 0.258 e. The van der Waals surface area contributed by atoms with E-state index in [2.05, 4.69) is 10.3 Å². The van der Waals surface area contributed by atoms with E-state index in [-0.39, 0.29) is 24.4 Å². The average Bonchev–Trinajstić information content (AvgIpc) is 2.85. The highest BCUT2D eigenvalue weighted by Gasteiger charge is 2.47. The maximum Gasteiger partial charge on any atom is 0.274 e. The van der Waals surface area contributed by atoms with E-state index in [1.807, 2.05) is 0 Å². The van der Waals surface area contributed by atoms with Crippen LogP contribution in [-0.4, -0.2) is 25.8 Å². The van der Waals surface area contributed by atoms with Crippen molar-refractivity contribution >= 4 is 5.69 Å². The van der Waals surface area contributed by atoms with E-state index >= 15 is 0 Å². The number of nitro groups is 1. The van der Waals surface area contributed by atoms with Gasteiger partial charge in [0.15, 0.2) is 0 Å². The van der Waals surface area contributed by atoms with Crippen LogP contribution in [0.25, 0.3) is 5.69 Å². The normalized spacial score (nSPS) is 17.5. The summed E-state index contributed by atoms with van der Waals surface area (Å²) in [5, 5.41) is 18.7. The Morgan fingerprint density at radius 2 is 2.14 bits per heavy atom. The summed E-state index contributed by atoms with van der Waals surface area (Å²) in [6.07, 6.45) is 1.10. The molecular weight excluding hydrogens is 282 g/mol. The highest BCUT2D eigenvalue weighted by Crippen LogP contribution is 2.47. The molecule has 0 saturated heterocycles. The van der Waals surface area contributed by atoms with E-state index < -0.39 is 10.8 Å². The number of benzene rings is 1. The fourth-order valence-corrected chi connectivity index (χ4v) is 2.40. The zero-order valence-electron chi connectivity index (χ0n) is 11.2. The minimum atomic E-state index is -2.61. The molecule has 0 atom stereocenters. The molecule has 6 nitrogen and oxygen atoms in total. The Kier molecular flexibility index (Phi) is 2.96. The van der Waals surface area contributed by atoms with E-state index in [4.69, 9.17) is 0 Å². The van der Waals surface area contributed by atoms with Crippen molar-refractivity contribution in [1.29, 1.82) is 0 Å². The Labute approximate surface area is 118 Å². The number of halogens is 2. The predicted molar refractivity (Wildman–Crippen MR) is 69.7 cm³/mol. The number of rotatable bonds is 3. The maximum atomic E-state index is 12.9. The fraction of sp³-hybridized carbons (Fsp3) is 0.385. The third-order valence-electron chi connectivity index (χ3n) is 3.67. The van der Waals surface area contributed by atoms with Crippen LogP contribution in [0.2, 0.25) is 0 Å². The van der Waals surface area contributed by atoms with Crippen molar-refractivity contribution in [2.75, 3.05) is 0 Å². The molecular formula is C13H12F2N4O2. The quantitative estimate of drug-likeness (QED) is 0.644. The molecule has 1 saturated carbocycles. The summed E-state index contributed by atoms with van der Waals surface area (Å²) in [6, 6.07) is 4.69. The van der Waals surface area contributed by atoms with Gasteiger partial charge < -0.3 is 0 Å². The van der Waals surface area contributed by atoms with Crippen LogP contribution in [0.15, 0.2) is 24.4 Å². The first-order valence-electron chi connectivity index (χ1n) is 6.41. The lowest BCUT2D eigenvalue weighted by Crippen LogP contribution is -2.33. The molecule has 1 aliphatic rings. The van der Waals surface area contributed by atoms with Crippen LogP contribution in [0.5, 0.6) is 0 Å². The Morgan fingerprint density at radius 1 is 1.43 bits per heavy atom. The number of alkyl halides is 2. The lowest BCUT2D eigenvalue weighted by Gasteiger charge is -2.33. The average molecular weight is 294 g/mol. The number of nitro benzene ring substituents is 1. The fourth-order valence-electron chi connectivity index (χ4n) is 2.40. The second kappa shape index (κ2) is 4.57. The molecule has 0 N–H and O–H groups in total. The van der Waals surface area contributed by atoms with Crippen LogP contribution in [0.4, 0.5) is 14.5 Å². The Morgan fingerprint density at radius 3 is 2.76 bits per heavy atom. The number of aryl methyl sites for hydroxylation is 1. The van der Waals surface area contributed by atoms with Gasteiger partial charge in [0, 0.05) is 30.4 Å². The molecule has 0 spiro atoms. The molecule has 0 unspecified atom stereocenters. The van der Waals surface area contributed by atoms with Gasteiger partial charge in [0.1, 0.15) is 0 Å². The van der Waals surface area contributed by atoms with E-state index in [1.54, 1.807) is 25.3 Å². The van der Waals surface area contributed by atoms with Crippen molar-refractivity contribution in [2.45, 2.75) is 31.6 Å². The van der Waals surface area contributed by atoms with E-state index in [9.17, 15) is 18.9 Å². The largest absolute Gasteiger partial charge is 0.274 e. The van der Waals surface area contributed by atoms with Gasteiger partial charge in [-0.25, -0.2) is 13.5 Å². The van der Waals surface area contributed by atoms with Crippen LogP contribution in [0, 0.1) is 17.0 Å². The molecule has 3 rings (SSSR count). The molecule has 0 bridgehead atoms. The summed E-state index contributed by atoms with van der Waals surface area (Å²) < 4.78 is 27.1. The highest BCUT2D eigenvalue weighted by atomic mass is 19.3. The van der Waals surface area contributed by atoms with Crippen molar-refractivity contribution < 1.29 is 13.7 Å².